The summed E-state index contributed by atoms with van der Waals surface area (Å²) in [6.07, 6.45) is 8.69. The number of morpholine rings is 1. The van der Waals surface area contributed by atoms with Gasteiger partial charge in [0.15, 0.2) is 0 Å². The summed E-state index contributed by atoms with van der Waals surface area (Å²) in [5.41, 5.74) is 3.97. The van der Waals surface area contributed by atoms with Crippen molar-refractivity contribution >= 4 is 17.7 Å². The number of carbonyl (C=O) groups is 3. The maximum absolute atomic E-state index is 13.5. The Kier molecular flexibility index (Phi) is 6.92. The first-order chi connectivity index (χ1) is 17.3. The van der Waals surface area contributed by atoms with Crippen LogP contribution in [-0.4, -0.2) is 79.6 Å². The zero-order valence-electron chi connectivity index (χ0n) is 21.6. The van der Waals surface area contributed by atoms with Crippen LogP contribution in [0.3, 0.4) is 0 Å². The highest BCUT2D eigenvalue weighted by molar-refractivity contribution is 6.03. The maximum atomic E-state index is 13.5. The number of rotatable bonds is 6. The minimum atomic E-state index is -0.712. The zero-order valence-corrected chi connectivity index (χ0v) is 21.6. The van der Waals surface area contributed by atoms with E-state index in [0.29, 0.717) is 31.9 Å². The first-order valence-electron chi connectivity index (χ1n) is 13.1. The second-order valence-electron chi connectivity index (χ2n) is 11.0. The summed E-state index contributed by atoms with van der Waals surface area (Å²) in [4.78, 5) is 41.7. The van der Waals surface area contributed by atoms with Crippen LogP contribution in [0.4, 0.5) is 0 Å². The fourth-order valence-electron chi connectivity index (χ4n) is 6.00. The normalized spacial score (nSPS) is 31.6. The highest BCUT2D eigenvalue weighted by Gasteiger charge is 2.53. The minimum absolute atomic E-state index is 0.0574. The van der Waals surface area contributed by atoms with Crippen molar-refractivity contribution < 1.29 is 23.9 Å². The lowest BCUT2D eigenvalue weighted by Crippen LogP contribution is -2.53. The van der Waals surface area contributed by atoms with Gasteiger partial charge in [0.05, 0.1) is 18.6 Å². The molecule has 3 fully saturated rings. The number of carbonyl (C=O) groups excluding carboxylic acids is 3. The molecule has 0 aromatic heterocycles. The van der Waals surface area contributed by atoms with Gasteiger partial charge in [-0.15, -0.1) is 0 Å². The predicted molar refractivity (Wildman–Crippen MR) is 135 cm³/mol. The lowest BCUT2D eigenvalue weighted by atomic mass is 9.76. The molecule has 8 nitrogen and oxygen atoms in total. The van der Waals surface area contributed by atoms with Crippen molar-refractivity contribution in [3.63, 3.8) is 0 Å². The van der Waals surface area contributed by atoms with E-state index in [9.17, 15) is 14.4 Å². The minimum Gasteiger partial charge on any atom is -0.489 e. The Morgan fingerprint density at radius 1 is 1.19 bits per heavy atom. The first-order valence-corrected chi connectivity index (χ1v) is 13.1. The van der Waals surface area contributed by atoms with Crippen molar-refractivity contribution in [3.8, 4) is 0 Å². The molecule has 3 amide bonds. The third kappa shape index (κ3) is 4.68. The lowest BCUT2D eigenvalue weighted by Gasteiger charge is -2.32. The molecule has 0 saturated carbocycles. The topological polar surface area (TPSA) is 88.2 Å². The molecule has 5 rings (SSSR count). The van der Waals surface area contributed by atoms with Gasteiger partial charge in [-0.05, 0) is 50.2 Å². The molecule has 1 N–H and O–H groups in total. The molecule has 5 aliphatic rings. The molecule has 0 spiro atoms. The van der Waals surface area contributed by atoms with E-state index in [1.54, 1.807) is 4.90 Å². The van der Waals surface area contributed by atoms with Gasteiger partial charge < -0.3 is 14.4 Å². The van der Waals surface area contributed by atoms with E-state index in [4.69, 9.17) is 9.47 Å². The molecular weight excluding hydrogens is 458 g/mol. The van der Waals surface area contributed by atoms with Crippen molar-refractivity contribution in [1.82, 2.24) is 15.1 Å². The van der Waals surface area contributed by atoms with E-state index in [1.807, 2.05) is 13.8 Å². The monoisotopic (exact) mass is 495 g/mol. The Bertz CT molecular complexity index is 1080. The smallest absolute Gasteiger partial charge is 0.249 e. The molecule has 3 aliphatic heterocycles. The Balaban J connectivity index is 1.30. The van der Waals surface area contributed by atoms with E-state index in [-0.39, 0.29) is 24.1 Å². The van der Waals surface area contributed by atoms with Crippen molar-refractivity contribution in [2.75, 3.05) is 46.0 Å². The van der Waals surface area contributed by atoms with E-state index in [1.165, 1.54) is 11.1 Å². The van der Waals surface area contributed by atoms with Crippen LogP contribution >= 0.6 is 0 Å². The highest BCUT2D eigenvalue weighted by atomic mass is 16.5. The number of hydrogen-bond donors (Lipinski definition) is 1. The van der Waals surface area contributed by atoms with Crippen molar-refractivity contribution in [2.45, 2.75) is 52.5 Å². The molecule has 3 saturated heterocycles. The number of likely N-dealkylation sites (tertiary alicyclic amines) is 1. The van der Waals surface area contributed by atoms with E-state index in [0.717, 1.165) is 56.2 Å². The van der Waals surface area contributed by atoms with E-state index in [2.05, 4.69) is 35.4 Å². The number of allylic oxidation sites excluding steroid dienone is 4. The van der Waals surface area contributed by atoms with Gasteiger partial charge in [-0.2, -0.15) is 0 Å². The van der Waals surface area contributed by atoms with Crippen LogP contribution < -0.4 is 5.32 Å². The third-order valence-electron chi connectivity index (χ3n) is 8.41. The number of hydrogen-bond acceptors (Lipinski definition) is 6. The van der Waals surface area contributed by atoms with Crippen LogP contribution in [0.1, 0.15) is 46.5 Å². The van der Waals surface area contributed by atoms with Gasteiger partial charge in [-0.3, -0.25) is 24.6 Å². The summed E-state index contributed by atoms with van der Waals surface area (Å²) >= 11 is 0. The molecule has 0 aromatic carbocycles. The summed E-state index contributed by atoms with van der Waals surface area (Å²) in [5, 5.41) is 2.39. The maximum Gasteiger partial charge on any atom is 0.249 e. The van der Waals surface area contributed by atoms with Gasteiger partial charge in [0.25, 0.3) is 0 Å². The van der Waals surface area contributed by atoms with Gasteiger partial charge >= 0.3 is 0 Å². The van der Waals surface area contributed by atoms with Crippen LogP contribution in [-0.2, 0) is 23.9 Å². The number of nitrogens with zero attached hydrogens (tertiary/aromatic N) is 2. The Morgan fingerprint density at radius 3 is 2.69 bits per heavy atom. The highest BCUT2D eigenvalue weighted by Crippen LogP contribution is 2.47. The SMILES string of the molecule is CC1=CC[C@]2(C)C(=O)N(C3CCC(=O)NC3=O)CC2=C1OCC1=CC=C(CN2CCOCC2)C(C)C1. The van der Waals surface area contributed by atoms with Crippen LogP contribution in [0.5, 0.6) is 0 Å². The summed E-state index contributed by atoms with van der Waals surface area (Å²) in [6, 6.07) is -0.608. The Morgan fingerprint density at radius 2 is 1.97 bits per heavy atom. The Labute approximate surface area is 213 Å². The molecule has 0 bridgehead atoms. The average Bonchev–Trinajstić information content (AvgIpc) is 3.12. The molecule has 194 valence electrons. The van der Waals surface area contributed by atoms with Crippen molar-refractivity contribution in [2.24, 2.45) is 11.3 Å². The second kappa shape index (κ2) is 9.98. The molecule has 8 heteroatoms. The molecular formula is C28H37N3O5. The fourth-order valence-corrected chi connectivity index (χ4v) is 6.00. The number of piperidine rings is 1. The zero-order chi connectivity index (χ0) is 25.4. The largest absolute Gasteiger partial charge is 0.489 e. The summed E-state index contributed by atoms with van der Waals surface area (Å²) < 4.78 is 11.9. The summed E-state index contributed by atoms with van der Waals surface area (Å²) in [7, 11) is 0. The number of fused-ring (bicyclic) bond motifs is 1. The van der Waals surface area contributed by atoms with Crippen LogP contribution in [0, 0.1) is 11.3 Å². The predicted octanol–water partition coefficient (Wildman–Crippen LogP) is 2.49. The van der Waals surface area contributed by atoms with Crippen LogP contribution in [0.2, 0.25) is 0 Å². The quantitative estimate of drug-likeness (QED) is 0.570. The average molecular weight is 496 g/mol. The molecule has 0 radical (unpaired) electrons. The molecule has 2 aliphatic carbocycles. The van der Waals surface area contributed by atoms with E-state index >= 15 is 0 Å². The van der Waals surface area contributed by atoms with Gasteiger partial charge in [0.1, 0.15) is 18.4 Å². The third-order valence-corrected chi connectivity index (χ3v) is 8.41. The second-order valence-corrected chi connectivity index (χ2v) is 11.0. The molecule has 2 unspecified atom stereocenters. The van der Waals surface area contributed by atoms with Crippen molar-refractivity contribution in [1.29, 1.82) is 0 Å². The summed E-state index contributed by atoms with van der Waals surface area (Å²) in [6.45, 7) is 11.7. The number of nitrogens with one attached hydrogen (secondary N) is 1. The van der Waals surface area contributed by atoms with Gasteiger partial charge in [0.2, 0.25) is 17.7 Å². The van der Waals surface area contributed by atoms with Gasteiger partial charge in [-0.1, -0.05) is 30.7 Å². The van der Waals surface area contributed by atoms with Gasteiger partial charge in [0, 0.05) is 38.2 Å². The van der Waals surface area contributed by atoms with Crippen LogP contribution in [0.15, 0.2) is 46.3 Å². The lowest BCUT2D eigenvalue weighted by molar-refractivity contribution is -0.146. The van der Waals surface area contributed by atoms with Crippen LogP contribution in [0.25, 0.3) is 0 Å². The standard InChI is InChI=1S/C28H37N3O5/c1-18-8-9-28(3)22(16-31(27(28)34)23-6-7-24(32)29-26(23)33)25(18)36-17-20-4-5-21(19(2)14-20)15-30-10-12-35-13-11-30/h4-5,8,19,23H,6-7,9-17H2,1-3H3,(H,29,32,33)/t19?,23?,28-/m0/s1. The van der Waals surface area contributed by atoms with E-state index < -0.39 is 11.5 Å². The number of imide groups is 1. The molecule has 0 aromatic rings. The number of amides is 3. The molecule has 36 heavy (non-hydrogen) atoms. The molecule has 3 atom stereocenters. The first kappa shape index (κ1) is 25.0. The summed E-state index contributed by atoms with van der Waals surface area (Å²) in [5.74, 6) is 0.528. The molecule has 3 heterocycles. The number of ether oxygens (including phenoxy) is 2. The Hall–Kier alpha value is -2.71. The fraction of sp³-hybridized carbons (Fsp3) is 0.607. The van der Waals surface area contributed by atoms with Crippen molar-refractivity contribution in [3.05, 3.63) is 46.3 Å². The van der Waals surface area contributed by atoms with Gasteiger partial charge in [-0.25, -0.2) is 0 Å².